The molecule has 132 valence electrons. The number of anilines is 2. The van der Waals surface area contributed by atoms with Crippen LogP contribution in [0.3, 0.4) is 0 Å². The molecule has 0 spiro atoms. The highest BCUT2D eigenvalue weighted by molar-refractivity contribution is 7.97. The van der Waals surface area contributed by atoms with E-state index in [9.17, 15) is 4.79 Å². The van der Waals surface area contributed by atoms with Gasteiger partial charge in [0.2, 0.25) is 0 Å². The number of carbonyl (C=O) groups is 1. The fourth-order valence-electron chi connectivity index (χ4n) is 2.69. The molecule has 0 radical (unpaired) electrons. The molecular weight excluding hydrogens is 338 g/mol. The zero-order chi connectivity index (χ0) is 17.6. The molecule has 0 bridgehead atoms. The Morgan fingerprint density at radius 3 is 2.04 bits per heavy atom. The van der Waals surface area contributed by atoms with Gasteiger partial charge in [0, 0.05) is 36.5 Å². The topological polar surface area (TPSA) is 68.0 Å². The number of rotatable bonds is 7. The number of benzene rings is 2. The van der Waals surface area contributed by atoms with E-state index in [4.69, 9.17) is 14.6 Å². The molecule has 0 atom stereocenters. The van der Waals surface area contributed by atoms with E-state index in [1.165, 1.54) is 11.9 Å². The summed E-state index contributed by atoms with van der Waals surface area (Å²) in [5.74, 6) is 0.763. The van der Waals surface area contributed by atoms with Crippen molar-refractivity contribution in [1.29, 1.82) is 0 Å². The third kappa shape index (κ3) is 4.07. The number of nitrogens with zero attached hydrogens (tertiary/aromatic N) is 2. The lowest BCUT2D eigenvalue weighted by molar-refractivity contribution is 0.146. The molecule has 1 saturated heterocycles. The molecule has 0 aromatic heterocycles. The Bertz CT molecular complexity index is 707. The van der Waals surface area contributed by atoms with Gasteiger partial charge in [0.15, 0.2) is 0 Å². The Hall–Kier alpha value is -2.22. The van der Waals surface area contributed by atoms with Gasteiger partial charge in [-0.15, -0.1) is 0 Å². The maximum Gasteiger partial charge on any atom is 0.329 e. The average molecular weight is 359 g/mol. The quantitative estimate of drug-likeness (QED) is 0.608. The van der Waals surface area contributed by atoms with Crippen LogP contribution in [0.15, 0.2) is 53.4 Å². The van der Waals surface area contributed by atoms with Crippen LogP contribution in [0.2, 0.25) is 0 Å². The van der Waals surface area contributed by atoms with Gasteiger partial charge in [0.1, 0.15) is 12.4 Å². The number of methoxy groups -OCH3 is 1. The van der Waals surface area contributed by atoms with Crippen LogP contribution in [0.25, 0.3) is 0 Å². The first-order valence-corrected chi connectivity index (χ1v) is 8.88. The van der Waals surface area contributed by atoms with Crippen molar-refractivity contribution >= 4 is 29.4 Å². The number of ether oxygens (including phenoxy) is 2. The van der Waals surface area contributed by atoms with Crippen LogP contribution >= 0.6 is 11.9 Å². The van der Waals surface area contributed by atoms with Gasteiger partial charge in [0.05, 0.1) is 6.61 Å². The number of carbonyl (C=O) groups excluding carboxylic acids is 1. The van der Waals surface area contributed by atoms with Gasteiger partial charge < -0.3 is 9.47 Å². The third-order valence-electron chi connectivity index (χ3n) is 4.00. The Morgan fingerprint density at radius 2 is 1.52 bits per heavy atom. The molecule has 1 aliphatic heterocycles. The highest BCUT2D eigenvalue weighted by Crippen LogP contribution is 2.27. The smallest absolute Gasteiger partial charge is 0.329 e. The van der Waals surface area contributed by atoms with Crippen LogP contribution in [-0.4, -0.2) is 39.4 Å². The van der Waals surface area contributed by atoms with E-state index in [0.717, 1.165) is 22.0 Å². The lowest BCUT2D eigenvalue weighted by atomic mass is 10.3. The van der Waals surface area contributed by atoms with Crippen molar-refractivity contribution in [2.75, 3.05) is 43.2 Å². The number of hydrogen-bond acceptors (Lipinski definition) is 5. The Morgan fingerprint density at radius 1 is 0.960 bits per heavy atom. The Balaban J connectivity index is 1.66. The second kappa shape index (κ2) is 8.24. The molecule has 0 aliphatic carbocycles. The molecule has 2 aromatic carbocycles. The number of urea groups is 1. The van der Waals surface area contributed by atoms with Gasteiger partial charge in [-0.2, -0.15) is 0 Å². The second-order valence-corrected chi connectivity index (χ2v) is 6.24. The standard InChI is InChI=1S/C18H21N3O3S/c1-23-12-13-24-16-6-2-14(3-7-16)20-10-11-21(18(20)22)15-4-8-17(25-19)9-5-15/h2-9H,10-13,19H2,1H3. The lowest BCUT2D eigenvalue weighted by Gasteiger charge is -2.19. The van der Waals surface area contributed by atoms with Crippen LogP contribution in [-0.2, 0) is 4.74 Å². The zero-order valence-corrected chi connectivity index (χ0v) is 14.9. The normalized spacial score (nSPS) is 14.2. The first kappa shape index (κ1) is 17.6. The predicted octanol–water partition coefficient (Wildman–Crippen LogP) is 3.12. The highest BCUT2D eigenvalue weighted by Gasteiger charge is 2.30. The average Bonchev–Trinajstić information content (AvgIpc) is 3.04. The Labute approximate surface area is 151 Å². The summed E-state index contributed by atoms with van der Waals surface area (Å²) >= 11 is 1.19. The van der Waals surface area contributed by atoms with E-state index in [-0.39, 0.29) is 6.03 Å². The summed E-state index contributed by atoms with van der Waals surface area (Å²) in [6.45, 7) is 2.35. The first-order chi connectivity index (χ1) is 12.2. The monoisotopic (exact) mass is 359 g/mol. The summed E-state index contributed by atoms with van der Waals surface area (Å²) in [6, 6.07) is 15.2. The summed E-state index contributed by atoms with van der Waals surface area (Å²) < 4.78 is 10.5. The van der Waals surface area contributed by atoms with Gasteiger partial charge >= 0.3 is 6.03 Å². The largest absolute Gasteiger partial charge is 0.491 e. The van der Waals surface area contributed by atoms with E-state index in [1.54, 1.807) is 16.9 Å². The predicted molar refractivity (Wildman–Crippen MR) is 100 cm³/mol. The molecule has 6 nitrogen and oxygen atoms in total. The van der Waals surface area contributed by atoms with Crippen LogP contribution in [0.1, 0.15) is 0 Å². The number of hydrogen-bond donors (Lipinski definition) is 1. The van der Waals surface area contributed by atoms with Gasteiger partial charge in [-0.25, -0.2) is 4.79 Å². The minimum absolute atomic E-state index is 0.0267. The number of amides is 2. The lowest BCUT2D eigenvalue weighted by Crippen LogP contribution is -2.31. The molecule has 1 heterocycles. The minimum Gasteiger partial charge on any atom is -0.491 e. The van der Waals surface area contributed by atoms with Crippen molar-refractivity contribution in [2.45, 2.75) is 4.90 Å². The molecular formula is C18H21N3O3S. The van der Waals surface area contributed by atoms with Crippen molar-refractivity contribution in [2.24, 2.45) is 5.14 Å². The molecule has 3 rings (SSSR count). The third-order valence-corrected chi connectivity index (χ3v) is 4.54. The molecule has 1 fully saturated rings. The summed E-state index contributed by atoms with van der Waals surface area (Å²) in [5, 5.41) is 5.54. The Kier molecular flexibility index (Phi) is 5.80. The van der Waals surface area contributed by atoms with E-state index >= 15 is 0 Å². The van der Waals surface area contributed by atoms with E-state index < -0.39 is 0 Å². The maximum absolute atomic E-state index is 12.7. The van der Waals surface area contributed by atoms with Crippen molar-refractivity contribution in [1.82, 2.24) is 0 Å². The van der Waals surface area contributed by atoms with Gasteiger partial charge in [-0.3, -0.25) is 14.9 Å². The summed E-state index contributed by atoms with van der Waals surface area (Å²) in [5.41, 5.74) is 1.74. The summed E-state index contributed by atoms with van der Waals surface area (Å²) in [4.78, 5) is 17.2. The molecule has 2 N–H and O–H groups in total. The fourth-order valence-corrected chi connectivity index (χ4v) is 2.98. The van der Waals surface area contributed by atoms with E-state index in [1.807, 2.05) is 48.5 Å². The van der Waals surface area contributed by atoms with Gasteiger partial charge in [-0.05, 0) is 60.5 Å². The van der Waals surface area contributed by atoms with Crippen molar-refractivity contribution in [3.63, 3.8) is 0 Å². The van der Waals surface area contributed by atoms with Crippen LogP contribution < -0.4 is 19.7 Å². The summed E-state index contributed by atoms with van der Waals surface area (Å²) in [6.07, 6.45) is 0. The summed E-state index contributed by atoms with van der Waals surface area (Å²) in [7, 11) is 1.64. The highest BCUT2D eigenvalue weighted by atomic mass is 32.2. The number of nitrogens with two attached hydrogens (primary N) is 1. The SMILES string of the molecule is COCCOc1ccc(N2CCN(c3ccc(SN)cc3)C2=O)cc1. The molecule has 25 heavy (non-hydrogen) atoms. The van der Waals surface area contributed by atoms with Crippen molar-refractivity contribution in [3.8, 4) is 5.75 Å². The van der Waals surface area contributed by atoms with Gasteiger partial charge in [0.25, 0.3) is 0 Å². The second-order valence-electron chi connectivity index (χ2n) is 5.53. The molecule has 7 heteroatoms. The molecule has 2 aromatic rings. The maximum atomic E-state index is 12.7. The molecule has 0 unspecified atom stereocenters. The molecule has 0 saturated carbocycles. The van der Waals surface area contributed by atoms with Gasteiger partial charge in [-0.1, -0.05) is 0 Å². The van der Waals surface area contributed by atoms with Crippen molar-refractivity contribution < 1.29 is 14.3 Å². The van der Waals surface area contributed by atoms with Crippen molar-refractivity contribution in [3.05, 3.63) is 48.5 Å². The van der Waals surface area contributed by atoms with E-state index in [2.05, 4.69) is 0 Å². The minimum atomic E-state index is -0.0267. The van der Waals surface area contributed by atoms with Crippen LogP contribution in [0.4, 0.5) is 16.2 Å². The van der Waals surface area contributed by atoms with E-state index in [0.29, 0.717) is 26.3 Å². The first-order valence-electron chi connectivity index (χ1n) is 8.00. The van der Waals surface area contributed by atoms with Crippen LogP contribution in [0, 0.1) is 0 Å². The zero-order valence-electron chi connectivity index (χ0n) is 14.1. The molecule has 2 amide bonds. The fraction of sp³-hybridized carbons (Fsp3) is 0.278. The molecule has 1 aliphatic rings. The van der Waals surface area contributed by atoms with Crippen LogP contribution in [0.5, 0.6) is 5.75 Å².